The first-order valence-corrected chi connectivity index (χ1v) is 13.3. The molecule has 1 aliphatic carbocycles. The Morgan fingerprint density at radius 3 is 2.09 bits per heavy atom. The lowest BCUT2D eigenvalue weighted by atomic mass is 9.80. The van der Waals surface area contributed by atoms with Gasteiger partial charge in [0.1, 0.15) is 5.75 Å². The average Bonchev–Trinajstić information content (AvgIpc) is 2.85. The first kappa shape index (κ1) is 26.1. The van der Waals surface area contributed by atoms with Crippen LogP contribution in [0.4, 0.5) is 11.4 Å². The Kier molecular flexibility index (Phi) is 10.3. The Bertz CT molecular complexity index is 918. The molecular weight excluding hydrogens is 420 g/mol. The van der Waals surface area contributed by atoms with Gasteiger partial charge in [-0.1, -0.05) is 58.1 Å². The first-order valence-electron chi connectivity index (χ1n) is 13.3. The molecule has 0 heterocycles. The minimum absolute atomic E-state index is 0.0286. The highest BCUT2D eigenvalue weighted by atomic mass is 16.5. The van der Waals surface area contributed by atoms with Crippen LogP contribution >= 0.6 is 0 Å². The molecule has 0 aliphatic heterocycles. The number of hydrogen-bond donors (Lipinski definition) is 0. The van der Waals surface area contributed by atoms with Gasteiger partial charge in [0.2, 0.25) is 0 Å². The van der Waals surface area contributed by atoms with E-state index in [9.17, 15) is 4.79 Å². The molecule has 2 aromatic carbocycles. The maximum absolute atomic E-state index is 12.9. The summed E-state index contributed by atoms with van der Waals surface area (Å²) in [5, 5.41) is 8.82. The predicted octanol–water partition coefficient (Wildman–Crippen LogP) is 9.35. The topological polar surface area (TPSA) is 51.0 Å². The van der Waals surface area contributed by atoms with Crippen LogP contribution in [0.3, 0.4) is 0 Å². The van der Waals surface area contributed by atoms with E-state index in [2.05, 4.69) is 36.2 Å². The monoisotopic (exact) mass is 462 g/mol. The molecule has 4 heteroatoms. The van der Waals surface area contributed by atoms with Crippen LogP contribution in [0.25, 0.3) is 0 Å². The van der Waals surface area contributed by atoms with Crippen molar-refractivity contribution in [3.8, 4) is 5.75 Å². The molecule has 0 unspecified atom stereocenters. The van der Waals surface area contributed by atoms with E-state index >= 15 is 0 Å². The molecule has 0 atom stereocenters. The lowest BCUT2D eigenvalue weighted by Crippen LogP contribution is -2.26. The minimum Gasteiger partial charge on any atom is -0.426 e. The highest BCUT2D eigenvalue weighted by Crippen LogP contribution is 2.35. The number of azo groups is 1. The van der Waals surface area contributed by atoms with Gasteiger partial charge in [-0.15, -0.1) is 0 Å². The summed E-state index contributed by atoms with van der Waals surface area (Å²) >= 11 is 0. The van der Waals surface area contributed by atoms with Gasteiger partial charge in [0.05, 0.1) is 17.3 Å². The molecule has 4 nitrogen and oxygen atoms in total. The summed E-state index contributed by atoms with van der Waals surface area (Å²) < 4.78 is 5.90. The summed E-state index contributed by atoms with van der Waals surface area (Å²) in [4.78, 5) is 12.9. The van der Waals surface area contributed by atoms with E-state index < -0.39 is 0 Å². The predicted molar refractivity (Wildman–Crippen MR) is 140 cm³/mol. The zero-order valence-electron chi connectivity index (χ0n) is 21.6. The normalized spacial score (nSPS) is 18.4. The first-order chi connectivity index (χ1) is 16.5. The standard InChI is InChI=1S/C30H42N2O2/c1-5-7-9-11-25-12-16-26(17-13-25)30(33)34-29-22(3)20-28(21-23(29)4)32-31-27-18-14-24(15-19-27)10-8-6-2/h14-15,18-21,25-26H,5-13,16-17H2,1-4H3. The number of esters is 1. The molecule has 1 saturated carbocycles. The van der Waals surface area contributed by atoms with E-state index in [4.69, 9.17) is 4.74 Å². The van der Waals surface area contributed by atoms with E-state index in [-0.39, 0.29) is 11.9 Å². The van der Waals surface area contributed by atoms with Crippen molar-refractivity contribution in [1.29, 1.82) is 0 Å². The Labute approximate surface area is 206 Å². The van der Waals surface area contributed by atoms with E-state index in [1.54, 1.807) is 0 Å². The van der Waals surface area contributed by atoms with Gasteiger partial charge in [-0.25, -0.2) is 0 Å². The van der Waals surface area contributed by atoms with Gasteiger partial charge in [0, 0.05) is 0 Å². The van der Waals surface area contributed by atoms with Crippen LogP contribution in [-0.2, 0) is 11.2 Å². The number of aryl methyl sites for hydroxylation is 3. The van der Waals surface area contributed by atoms with Crippen LogP contribution in [0.2, 0.25) is 0 Å². The van der Waals surface area contributed by atoms with E-state index in [1.165, 1.54) is 44.1 Å². The Morgan fingerprint density at radius 2 is 1.47 bits per heavy atom. The fourth-order valence-electron chi connectivity index (χ4n) is 4.93. The van der Waals surface area contributed by atoms with Gasteiger partial charge in [-0.2, -0.15) is 10.2 Å². The second kappa shape index (κ2) is 13.4. The fourth-order valence-corrected chi connectivity index (χ4v) is 4.93. The maximum atomic E-state index is 12.9. The Morgan fingerprint density at radius 1 is 0.853 bits per heavy atom. The lowest BCUT2D eigenvalue weighted by Gasteiger charge is -2.27. The quantitative estimate of drug-likeness (QED) is 0.144. The molecule has 0 aromatic heterocycles. The van der Waals surface area contributed by atoms with Gasteiger partial charge in [-0.05, 0) is 99.2 Å². The number of benzene rings is 2. The fraction of sp³-hybridized carbons (Fsp3) is 0.567. The van der Waals surface area contributed by atoms with Gasteiger partial charge in [-0.3, -0.25) is 4.79 Å². The highest BCUT2D eigenvalue weighted by molar-refractivity contribution is 5.76. The Hall–Kier alpha value is -2.49. The minimum atomic E-state index is -0.0734. The summed E-state index contributed by atoms with van der Waals surface area (Å²) in [5.41, 5.74) is 4.80. The van der Waals surface area contributed by atoms with Gasteiger partial charge >= 0.3 is 5.97 Å². The summed E-state index contributed by atoms with van der Waals surface area (Å²) in [7, 11) is 0. The molecule has 0 bridgehead atoms. The molecule has 1 aliphatic rings. The Balaban J connectivity index is 1.56. The molecule has 0 radical (unpaired) electrons. The van der Waals surface area contributed by atoms with Crippen LogP contribution in [0.15, 0.2) is 46.6 Å². The van der Waals surface area contributed by atoms with Crippen LogP contribution in [-0.4, -0.2) is 5.97 Å². The zero-order valence-corrected chi connectivity index (χ0v) is 21.6. The van der Waals surface area contributed by atoms with Crippen molar-refractivity contribution in [1.82, 2.24) is 0 Å². The second-order valence-electron chi connectivity index (χ2n) is 10.0. The molecule has 3 rings (SSSR count). The van der Waals surface area contributed by atoms with Crippen molar-refractivity contribution in [3.05, 3.63) is 53.1 Å². The molecule has 0 amide bonds. The second-order valence-corrected chi connectivity index (χ2v) is 10.0. The molecule has 1 fully saturated rings. The number of carbonyl (C=O) groups is 1. The van der Waals surface area contributed by atoms with Crippen LogP contribution < -0.4 is 4.74 Å². The number of carbonyl (C=O) groups excluding carboxylic acids is 1. The van der Waals surface area contributed by atoms with Gasteiger partial charge in [0.15, 0.2) is 0 Å². The smallest absolute Gasteiger partial charge is 0.314 e. The van der Waals surface area contributed by atoms with Crippen molar-refractivity contribution < 1.29 is 9.53 Å². The zero-order chi connectivity index (χ0) is 24.3. The number of ether oxygens (including phenoxy) is 1. The molecular formula is C30H42N2O2. The van der Waals surface area contributed by atoms with Gasteiger partial charge in [0.25, 0.3) is 0 Å². The van der Waals surface area contributed by atoms with Crippen molar-refractivity contribution in [2.75, 3.05) is 0 Å². The highest BCUT2D eigenvalue weighted by Gasteiger charge is 2.28. The van der Waals surface area contributed by atoms with Crippen LogP contribution in [0, 0.1) is 25.7 Å². The summed E-state index contributed by atoms with van der Waals surface area (Å²) in [5.74, 6) is 1.42. The van der Waals surface area contributed by atoms with Crippen molar-refractivity contribution >= 4 is 17.3 Å². The van der Waals surface area contributed by atoms with E-state index in [0.29, 0.717) is 5.75 Å². The third kappa shape index (κ3) is 7.78. The number of rotatable bonds is 11. The molecule has 0 spiro atoms. The third-order valence-corrected chi connectivity index (χ3v) is 7.08. The van der Waals surface area contributed by atoms with E-state index in [1.807, 2.05) is 38.1 Å². The average molecular weight is 463 g/mol. The van der Waals surface area contributed by atoms with Crippen LogP contribution in [0.5, 0.6) is 5.75 Å². The maximum Gasteiger partial charge on any atom is 0.314 e. The lowest BCUT2D eigenvalue weighted by molar-refractivity contribution is -0.140. The molecule has 184 valence electrons. The van der Waals surface area contributed by atoms with Crippen molar-refractivity contribution in [3.63, 3.8) is 0 Å². The molecule has 0 N–H and O–H groups in total. The number of hydrogen-bond acceptors (Lipinski definition) is 4. The largest absolute Gasteiger partial charge is 0.426 e. The third-order valence-electron chi connectivity index (χ3n) is 7.08. The summed E-state index contributed by atoms with van der Waals surface area (Å²) in [6, 6.07) is 12.2. The molecule has 34 heavy (non-hydrogen) atoms. The summed E-state index contributed by atoms with van der Waals surface area (Å²) in [6.45, 7) is 8.40. The SMILES string of the molecule is CCCCCC1CCC(C(=O)Oc2c(C)cc(N=Nc3ccc(CCCC)cc3)cc2C)CC1. The summed E-state index contributed by atoms with van der Waals surface area (Å²) in [6.07, 6.45) is 13.0. The molecule has 2 aromatic rings. The van der Waals surface area contributed by atoms with Crippen molar-refractivity contribution in [2.24, 2.45) is 22.1 Å². The van der Waals surface area contributed by atoms with Crippen LogP contribution in [0.1, 0.15) is 94.7 Å². The van der Waals surface area contributed by atoms with Crippen molar-refractivity contribution in [2.45, 2.75) is 98.3 Å². The number of nitrogens with zero attached hydrogens (tertiary/aromatic N) is 2. The molecule has 0 saturated heterocycles. The number of unbranched alkanes of at least 4 members (excludes halogenated alkanes) is 3. The van der Waals surface area contributed by atoms with E-state index in [0.717, 1.165) is 60.5 Å². The van der Waals surface area contributed by atoms with Gasteiger partial charge < -0.3 is 4.74 Å².